The van der Waals surface area contributed by atoms with Crippen molar-refractivity contribution >= 4 is 17.8 Å². The summed E-state index contributed by atoms with van der Waals surface area (Å²) in [6, 6.07) is 3.59. The van der Waals surface area contributed by atoms with E-state index in [2.05, 4.69) is 5.32 Å². The van der Waals surface area contributed by atoms with Gasteiger partial charge in [0, 0.05) is 26.1 Å². The smallest absolute Gasteiger partial charge is 0.325 e. The van der Waals surface area contributed by atoms with Gasteiger partial charge in [-0.1, -0.05) is 12.8 Å². The normalized spacial score (nSPS) is 19.8. The number of imide groups is 1. The van der Waals surface area contributed by atoms with E-state index in [1.54, 1.807) is 14.2 Å². The number of amides is 4. The summed E-state index contributed by atoms with van der Waals surface area (Å²) in [5.74, 6) is 1.28. The van der Waals surface area contributed by atoms with Crippen molar-refractivity contribution in [3.8, 4) is 11.5 Å². The molecule has 30 heavy (non-hydrogen) atoms. The summed E-state index contributed by atoms with van der Waals surface area (Å²) in [5.41, 5.74) is 1.54. The van der Waals surface area contributed by atoms with Crippen molar-refractivity contribution < 1.29 is 23.9 Å². The van der Waals surface area contributed by atoms with Crippen molar-refractivity contribution in [2.45, 2.75) is 57.0 Å². The molecule has 0 atom stereocenters. The third kappa shape index (κ3) is 3.59. The van der Waals surface area contributed by atoms with Gasteiger partial charge in [0.25, 0.3) is 5.91 Å². The minimum absolute atomic E-state index is 0.0399. The molecule has 8 heteroatoms. The predicted octanol–water partition coefficient (Wildman–Crippen LogP) is 2.23. The molecule has 4 rings (SSSR count). The van der Waals surface area contributed by atoms with E-state index in [1.807, 2.05) is 17.0 Å². The topological polar surface area (TPSA) is 88.2 Å². The maximum absolute atomic E-state index is 12.7. The highest BCUT2D eigenvalue weighted by Gasteiger charge is 2.52. The molecule has 1 spiro atoms. The number of benzene rings is 1. The summed E-state index contributed by atoms with van der Waals surface area (Å²) >= 11 is 0. The number of hydrogen-bond donors (Lipinski definition) is 1. The Bertz CT molecular complexity index is 863. The maximum atomic E-state index is 12.7. The third-order valence-corrected chi connectivity index (χ3v) is 6.55. The van der Waals surface area contributed by atoms with E-state index in [-0.39, 0.29) is 24.4 Å². The Balaban J connectivity index is 1.32. The lowest BCUT2D eigenvalue weighted by atomic mass is 9.98. The molecular formula is C22H29N3O5. The fourth-order valence-corrected chi connectivity index (χ4v) is 4.84. The monoisotopic (exact) mass is 415 g/mol. The Hall–Kier alpha value is -2.77. The number of ether oxygens (including phenoxy) is 2. The van der Waals surface area contributed by atoms with Crippen LogP contribution in [0.5, 0.6) is 11.5 Å². The first-order chi connectivity index (χ1) is 14.5. The van der Waals surface area contributed by atoms with E-state index < -0.39 is 5.54 Å². The number of fused-ring (bicyclic) bond motifs is 1. The van der Waals surface area contributed by atoms with E-state index in [9.17, 15) is 14.4 Å². The molecule has 162 valence electrons. The Morgan fingerprint density at radius 1 is 1.10 bits per heavy atom. The van der Waals surface area contributed by atoms with Gasteiger partial charge < -0.3 is 19.7 Å². The van der Waals surface area contributed by atoms with Gasteiger partial charge >= 0.3 is 6.03 Å². The van der Waals surface area contributed by atoms with Crippen LogP contribution in [0.1, 0.15) is 49.7 Å². The molecule has 1 saturated carbocycles. The second-order valence-electron chi connectivity index (χ2n) is 8.32. The fourth-order valence-electron chi connectivity index (χ4n) is 4.84. The van der Waals surface area contributed by atoms with E-state index in [1.165, 1.54) is 4.90 Å². The highest BCUT2D eigenvalue weighted by atomic mass is 16.5. The number of carbonyl (C=O) groups excluding carboxylic acids is 3. The SMILES string of the molecule is COc1cc2c(cc1OC)CN(C(=O)CCCN1C(=O)NC3(CCCC3)C1=O)CC2. The molecule has 0 bridgehead atoms. The van der Waals surface area contributed by atoms with Crippen LogP contribution < -0.4 is 14.8 Å². The number of nitrogens with one attached hydrogen (secondary N) is 1. The number of nitrogens with zero attached hydrogens (tertiary/aromatic N) is 2. The van der Waals surface area contributed by atoms with E-state index in [0.717, 1.165) is 30.4 Å². The van der Waals surface area contributed by atoms with E-state index in [4.69, 9.17) is 9.47 Å². The zero-order chi connectivity index (χ0) is 21.3. The minimum Gasteiger partial charge on any atom is -0.493 e. The Morgan fingerprint density at radius 2 is 1.77 bits per heavy atom. The van der Waals surface area contributed by atoms with Crippen molar-refractivity contribution in [1.82, 2.24) is 15.1 Å². The van der Waals surface area contributed by atoms with Crippen LogP contribution in [0, 0.1) is 0 Å². The lowest BCUT2D eigenvalue weighted by Crippen LogP contribution is -2.44. The molecule has 2 aliphatic heterocycles. The van der Waals surface area contributed by atoms with Crippen molar-refractivity contribution in [3.05, 3.63) is 23.3 Å². The van der Waals surface area contributed by atoms with E-state index in [0.29, 0.717) is 50.3 Å². The average Bonchev–Trinajstić information content (AvgIpc) is 3.32. The number of urea groups is 1. The molecule has 4 amide bonds. The third-order valence-electron chi connectivity index (χ3n) is 6.55. The van der Waals surface area contributed by atoms with Gasteiger partial charge in [-0.05, 0) is 48.9 Å². The minimum atomic E-state index is -0.683. The van der Waals surface area contributed by atoms with Crippen molar-refractivity contribution in [1.29, 1.82) is 0 Å². The van der Waals surface area contributed by atoms with Gasteiger partial charge in [-0.15, -0.1) is 0 Å². The van der Waals surface area contributed by atoms with Gasteiger partial charge in [-0.3, -0.25) is 14.5 Å². The summed E-state index contributed by atoms with van der Waals surface area (Å²) in [5, 5.41) is 2.88. The van der Waals surface area contributed by atoms with Crippen LogP contribution >= 0.6 is 0 Å². The molecule has 3 aliphatic rings. The average molecular weight is 415 g/mol. The molecular weight excluding hydrogens is 386 g/mol. The quantitative estimate of drug-likeness (QED) is 0.720. The molecule has 0 unspecified atom stereocenters. The molecule has 1 saturated heterocycles. The number of carbonyl (C=O) groups is 3. The Kier molecular flexibility index (Phi) is 5.58. The number of hydrogen-bond acceptors (Lipinski definition) is 5. The van der Waals surface area contributed by atoms with Crippen LogP contribution in [0.4, 0.5) is 4.79 Å². The molecule has 2 fully saturated rings. The van der Waals surface area contributed by atoms with Crippen molar-refractivity contribution in [2.75, 3.05) is 27.3 Å². The summed E-state index contributed by atoms with van der Waals surface area (Å²) in [6.45, 7) is 1.46. The van der Waals surface area contributed by atoms with Gasteiger partial charge in [0.1, 0.15) is 5.54 Å². The molecule has 1 aromatic rings. The van der Waals surface area contributed by atoms with Crippen LogP contribution in [-0.4, -0.2) is 60.5 Å². The van der Waals surface area contributed by atoms with Crippen molar-refractivity contribution in [2.24, 2.45) is 0 Å². The number of methoxy groups -OCH3 is 2. The van der Waals surface area contributed by atoms with Gasteiger partial charge in [0.15, 0.2) is 11.5 Å². The summed E-state index contributed by atoms with van der Waals surface area (Å²) < 4.78 is 10.7. The molecule has 1 aromatic carbocycles. The first-order valence-electron chi connectivity index (χ1n) is 10.6. The second-order valence-corrected chi connectivity index (χ2v) is 8.32. The molecule has 0 aromatic heterocycles. The summed E-state index contributed by atoms with van der Waals surface area (Å²) in [7, 11) is 3.21. The van der Waals surface area contributed by atoms with Crippen LogP contribution in [0.25, 0.3) is 0 Å². The van der Waals surface area contributed by atoms with Gasteiger partial charge in [-0.25, -0.2) is 4.79 Å². The first kappa shape index (κ1) is 20.5. The van der Waals surface area contributed by atoms with Crippen LogP contribution in [0.3, 0.4) is 0 Å². The maximum Gasteiger partial charge on any atom is 0.325 e. The lowest BCUT2D eigenvalue weighted by Gasteiger charge is -2.30. The standard InChI is InChI=1S/C22H29N3O5/c1-29-17-12-15-7-11-24(14-16(15)13-18(17)30-2)19(26)6-5-10-25-20(27)22(23-21(25)28)8-3-4-9-22/h12-13H,3-11,14H2,1-2H3,(H,23,28). The first-order valence-corrected chi connectivity index (χ1v) is 10.6. The lowest BCUT2D eigenvalue weighted by molar-refractivity contribution is -0.134. The van der Waals surface area contributed by atoms with Crippen molar-refractivity contribution in [3.63, 3.8) is 0 Å². The summed E-state index contributed by atoms with van der Waals surface area (Å²) in [6.07, 6.45) is 4.91. The second kappa shape index (κ2) is 8.16. The highest BCUT2D eigenvalue weighted by molar-refractivity contribution is 6.07. The van der Waals surface area contributed by atoms with Crippen LogP contribution in [0.2, 0.25) is 0 Å². The zero-order valence-electron chi connectivity index (χ0n) is 17.7. The molecule has 2 heterocycles. The highest BCUT2D eigenvalue weighted by Crippen LogP contribution is 2.35. The zero-order valence-corrected chi connectivity index (χ0v) is 17.7. The molecule has 0 radical (unpaired) electrons. The molecule has 8 nitrogen and oxygen atoms in total. The van der Waals surface area contributed by atoms with Gasteiger partial charge in [0.05, 0.1) is 14.2 Å². The van der Waals surface area contributed by atoms with Crippen LogP contribution in [-0.2, 0) is 22.6 Å². The fraction of sp³-hybridized carbons (Fsp3) is 0.591. The molecule has 1 aliphatic carbocycles. The van der Waals surface area contributed by atoms with Crippen LogP contribution in [0.15, 0.2) is 12.1 Å². The van der Waals surface area contributed by atoms with Gasteiger partial charge in [0.2, 0.25) is 5.91 Å². The molecule has 1 N–H and O–H groups in total. The van der Waals surface area contributed by atoms with E-state index >= 15 is 0 Å². The Labute approximate surface area is 176 Å². The number of rotatable bonds is 6. The predicted molar refractivity (Wildman–Crippen MR) is 109 cm³/mol. The largest absolute Gasteiger partial charge is 0.493 e. The summed E-state index contributed by atoms with van der Waals surface area (Å²) in [4.78, 5) is 40.8. The Morgan fingerprint density at radius 3 is 2.43 bits per heavy atom. The van der Waals surface area contributed by atoms with Gasteiger partial charge in [-0.2, -0.15) is 0 Å².